The number of carbonyl (C=O) groups is 2. The van der Waals surface area contributed by atoms with E-state index < -0.39 is 0 Å². The topological polar surface area (TPSA) is 61.9 Å². The number of hydrogen-bond donors (Lipinski definition) is 1. The Labute approximate surface area is 151 Å². The molecule has 2 amide bonds. The van der Waals surface area contributed by atoms with Crippen LogP contribution in [-0.2, 0) is 9.59 Å². The summed E-state index contributed by atoms with van der Waals surface area (Å²) in [6.45, 7) is 4.88. The largest absolute Gasteiger partial charge is 0.484 e. The van der Waals surface area contributed by atoms with Gasteiger partial charge in [0.05, 0.1) is 0 Å². The van der Waals surface area contributed by atoms with Gasteiger partial charge in [0.1, 0.15) is 5.75 Å². The zero-order valence-corrected chi connectivity index (χ0v) is 15.7. The van der Waals surface area contributed by atoms with Crippen LogP contribution >= 0.6 is 15.9 Å². The Kier molecular flexibility index (Phi) is 7.05. The van der Waals surface area contributed by atoms with Gasteiger partial charge in [-0.15, -0.1) is 0 Å². The van der Waals surface area contributed by atoms with Gasteiger partial charge < -0.3 is 19.9 Å². The normalized spacial score (nSPS) is 16.0. The van der Waals surface area contributed by atoms with Crippen molar-refractivity contribution in [1.29, 1.82) is 0 Å². The van der Waals surface area contributed by atoms with Gasteiger partial charge >= 0.3 is 0 Å². The van der Waals surface area contributed by atoms with Crippen molar-refractivity contribution < 1.29 is 14.3 Å². The van der Waals surface area contributed by atoms with E-state index in [1.807, 2.05) is 43.1 Å². The number of nitrogens with one attached hydrogen (secondary N) is 1. The molecule has 0 radical (unpaired) electrons. The molecule has 1 saturated heterocycles. The summed E-state index contributed by atoms with van der Waals surface area (Å²) >= 11 is 3.36. The van der Waals surface area contributed by atoms with Gasteiger partial charge in [0.2, 0.25) is 5.91 Å². The molecular formula is C17H24BrN3O3. The lowest BCUT2D eigenvalue weighted by Gasteiger charge is -2.36. The smallest absolute Gasteiger partial charge is 0.260 e. The van der Waals surface area contributed by atoms with Crippen LogP contribution in [0.25, 0.3) is 0 Å². The van der Waals surface area contributed by atoms with Gasteiger partial charge in [-0.2, -0.15) is 0 Å². The second-order valence-corrected chi connectivity index (χ2v) is 6.82. The second kappa shape index (κ2) is 9.03. The van der Waals surface area contributed by atoms with E-state index in [1.165, 1.54) is 0 Å². The Bertz CT molecular complexity index is 557. The first-order valence-corrected chi connectivity index (χ1v) is 8.90. The molecule has 0 spiro atoms. The van der Waals surface area contributed by atoms with Gasteiger partial charge in [-0.25, -0.2) is 0 Å². The van der Waals surface area contributed by atoms with Crippen molar-refractivity contribution in [3.63, 3.8) is 0 Å². The molecule has 1 aliphatic heterocycles. The van der Waals surface area contributed by atoms with Gasteiger partial charge in [-0.1, -0.05) is 22.9 Å². The van der Waals surface area contributed by atoms with Crippen LogP contribution in [0.4, 0.5) is 0 Å². The fourth-order valence-electron chi connectivity index (χ4n) is 2.65. The molecule has 1 N–H and O–H groups in total. The first-order valence-electron chi connectivity index (χ1n) is 8.10. The number of piperazine rings is 1. The van der Waals surface area contributed by atoms with Crippen LogP contribution in [0.15, 0.2) is 28.7 Å². The van der Waals surface area contributed by atoms with Crippen molar-refractivity contribution in [1.82, 2.24) is 15.1 Å². The highest BCUT2D eigenvalue weighted by molar-refractivity contribution is 9.10. The monoisotopic (exact) mass is 397 g/mol. The average molecular weight is 398 g/mol. The molecule has 7 heteroatoms. The molecule has 24 heavy (non-hydrogen) atoms. The van der Waals surface area contributed by atoms with E-state index in [2.05, 4.69) is 21.2 Å². The van der Waals surface area contributed by atoms with Crippen molar-refractivity contribution in [3.8, 4) is 5.75 Å². The van der Waals surface area contributed by atoms with Gasteiger partial charge in [0.15, 0.2) is 6.61 Å². The lowest BCUT2D eigenvalue weighted by molar-refractivity contribution is -0.142. The van der Waals surface area contributed by atoms with Crippen molar-refractivity contribution in [2.24, 2.45) is 5.92 Å². The van der Waals surface area contributed by atoms with Gasteiger partial charge in [-0.05, 0) is 31.3 Å². The van der Waals surface area contributed by atoms with E-state index in [0.29, 0.717) is 38.5 Å². The Morgan fingerprint density at radius 1 is 1.17 bits per heavy atom. The highest BCUT2D eigenvalue weighted by atomic mass is 79.9. The molecule has 1 heterocycles. The minimum Gasteiger partial charge on any atom is -0.484 e. The van der Waals surface area contributed by atoms with Crippen LogP contribution in [0.2, 0.25) is 0 Å². The maximum absolute atomic E-state index is 12.3. The Hall–Kier alpha value is -1.60. The molecular weight excluding hydrogens is 374 g/mol. The fourth-order valence-corrected chi connectivity index (χ4v) is 2.91. The standard InChI is InChI=1S/C17H24BrN3O3/c1-13(11-19-2)17(23)21-9-7-20(8-10-21)16(22)12-24-15-5-3-14(18)4-6-15/h3-6,13,19H,7-12H2,1-2H3. The Balaban J connectivity index is 1.76. The van der Waals surface area contributed by atoms with Gasteiger partial charge in [0.25, 0.3) is 5.91 Å². The Morgan fingerprint density at radius 3 is 2.33 bits per heavy atom. The zero-order valence-electron chi connectivity index (χ0n) is 14.1. The molecule has 0 aliphatic carbocycles. The van der Waals surface area contributed by atoms with E-state index in [-0.39, 0.29) is 24.3 Å². The summed E-state index contributed by atoms with van der Waals surface area (Å²) < 4.78 is 6.49. The maximum atomic E-state index is 12.3. The number of nitrogens with zero attached hydrogens (tertiary/aromatic N) is 2. The highest BCUT2D eigenvalue weighted by Gasteiger charge is 2.26. The molecule has 1 aromatic rings. The molecule has 1 unspecified atom stereocenters. The maximum Gasteiger partial charge on any atom is 0.260 e. The van der Waals surface area contributed by atoms with E-state index in [0.717, 1.165) is 4.47 Å². The lowest BCUT2D eigenvalue weighted by atomic mass is 10.1. The summed E-state index contributed by atoms with van der Waals surface area (Å²) in [7, 11) is 1.84. The molecule has 0 aromatic heterocycles. The quantitative estimate of drug-likeness (QED) is 0.786. The summed E-state index contributed by atoms with van der Waals surface area (Å²) in [6.07, 6.45) is 0. The minimum absolute atomic E-state index is 0.0196. The van der Waals surface area contributed by atoms with Crippen molar-refractivity contribution in [3.05, 3.63) is 28.7 Å². The molecule has 1 fully saturated rings. The molecule has 0 bridgehead atoms. The van der Waals surface area contributed by atoms with Crippen LogP contribution in [0.1, 0.15) is 6.92 Å². The van der Waals surface area contributed by atoms with E-state index >= 15 is 0 Å². The summed E-state index contributed by atoms with van der Waals surface area (Å²) in [5, 5.41) is 3.02. The SMILES string of the molecule is CNCC(C)C(=O)N1CCN(C(=O)COc2ccc(Br)cc2)CC1. The highest BCUT2D eigenvalue weighted by Crippen LogP contribution is 2.16. The summed E-state index contributed by atoms with van der Waals surface area (Å²) in [6, 6.07) is 7.38. The summed E-state index contributed by atoms with van der Waals surface area (Å²) in [5.41, 5.74) is 0. The van der Waals surface area contributed by atoms with Gasteiger partial charge in [-0.3, -0.25) is 9.59 Å². The molecule has 2 rings (SSSR count). The number of rotatable bonds is 6. The third-order valence-corrected chi connectivity index (χ3v) is 4.58. The molecule has 132 valence electrons. The van der Waals surface area contributed by atoms with Crippen molar-refractivity contribution >= 4 is 27.7 Å². The van der Waals surface area contributed by atoms with E-state index in [4.69, 9.17) is 4.74 Å². The number of amides is 2. The Morgan fingerprint density at radius 2 is 1.75 bits per heavy atom. The summed E-state index contributed by atoms with van der Waals surface area (Å²) in [5.74, 6) is 0.718. The first-order chi connectivity index (χ1) is 11.5. The van der Waals surface area contributed by atoms with Crippen LogP contribution in [0.5, 0.6) is 5.75 Å². The van der Waals surface area contributed by atoms with Crippen LogP contribution < -0.4 is 10.1 Å². The molecule has 6 nitrogen and oxygen atoms in total. The number of benzene rings is 1. The molecule has 1 atom stereocenters. The third kappa shape index (κ3) is 5.21. The number of hydrogen-bond acceptors (Lipinski definition) is 4. The minimum atomic E-state index is -0.0479. The lowest BCUT2D eigenvalue weighted by Crippen LogP contribution is -2.53. The molecule has 1 aromatic carbocycles. The van der Waals surface area contributed by atoms with Crippen LogP contribution in [0, 0.1) is 5.92 Å². The second-order valence-electron chi connectivity index (χ2n) is 5.91. The van der Waals surface area contributed by atoms with Gasteiger partial charge in [0, 0.05) is 43.1 Å². The third-order valence-electron chi connectivity index (χ3n) is 4.05. The van der Waals surface area contributed by atoms with E-state index in [1.54, 1.807) is 4.90 Å². The fraction of sp³-hybridized carbons (Fsp3) is 0.529. The number of ether oxygens (including phenoxy) is 1. The molecule has 0 saturated carbocycles. The predicted molar refractivity (Wildman–Crippen MR) is 95.9 cm³/mol. The van der Waals surface area contributed by atoms with Crippen LogP contribution in [-0.4, -0.2) is 68.0 Å². The van der Waals surface area contributed by atoms with E-state index in [9.17, 15) is 9.59 Å². The molecule has 1 aliphatic rings. The summed E-state index contributed by atoms with van der Waals surface area (Å²) in [4.78, 5) is 28.1. The zero-order chi connectivity index (χ0) is 17.5. The first kappa shape index (κ1) is 18.7. The number of carbonyl (C=O) groups excluding carboxylic acids is 2. The number of halogens is 1. The van der Waals surface area contributed by atoms with Crippen molar-refractivity contribution in [2.45, 2.75) is 6.92 Å². The van der Waals surface area contributed by atoms with Crippen LogP contribution in [0.3, 0.4) is 0 Å². The predicted octanol–water partition coefficient (Wildman–Crippen LogP) is 1.35. The van der Waals surface area contributed by atoms with Crippen molar-refractivity contribution in [2.75, 3.05) is 46.4 Å². The average Bonchev–Trinajstić information content (AvgIpc) is 2.60.